The van der Waals surface area contributed by atoms with E-state index in [0.29, 0.717) is 11.9 Å². The molecule has 2 aliphatic rings. The van der Waals surface area contributed by atoms with Gasteiger partial charge in [-0.15, -0.1) is 0 Å². The number of aliphatic imine (C=N–C) groups is 1. The standard InChI is InChI=1S/C15H18BrN3/c1-10-15(11-5-3-6-11,18-14(17)19(10)2)12-7-4-8-13(16)9-12/h4,7-9,11H,1,3,5-6H2,2H3,(H2,17,18). The van der Waals surface area contributed by atoms with Crippen molar-refractivity contribution in [3.63, 3.8) is 0 Å². The van der Waals surface area contributed by atoms with Crippen LogP contribution in [0.25, 0.3) is 0 Å². The lowest BCUT2D eigenvalue weighted by atomic mass is 9.66. The molecule has 2 N–H and O–H groups in total. The number of rotatable bonds is 2. The molecule has 1 unspecified atom stereocenters. The minimum atomic E-state index is -0.360. The molecule has 0 radical (unpaired) electrons. The zero-order valence-corrected chi connectivity index (χ0v) is 12.7. The predicted molar refractivity (Wildman–Crippen MR) is 81.7 cm³/mol. The summed E-state index contributed by atoms with van der Waals surface area (Å²) in [5, 5.41) is 0. The molecule has 100 valence electrons. The Balaban J connectivity index is 2.16. The van der Waals surface area contributed by atoms with Crippen LogP contribution in [0.4, 0.5) is 0 Å². The monoisotopic (exact) mass is 319 g/mol. The number of halogens is 1. The molecule has 0 spiro atoms. The number of hydrogen-bond acceptors (Lipinski definition) is 3. The lowest BCUT2D eigenvalue weighted by molar-refractivity contribution is 0.193. The summed E-state index contributed by atoms with van der Waals surface area (Å²) in [7, 11) is 1.94. The quantitative estimate of drug-likeness (QED) is 0.909. The van der Waals surface area contributed by atoms with Gasteiger partial charge in [0.05, 0.1) is 0 Å². The predicted octanol–water partition coefficient (Wildman–Crippen LogP) is 3.22. The summed E-state index contributed by atoms with van der Waals surface area (Å²) in [5.41, 5.74) is 7.86. The summed E-state index contributed by atoms with van der Waals surface area (Å²) < 4.78 is 1.07. The smallest absolute Gasteiger partial charge is 0.196 e. The normalized spacial score (nSPS) is 27.4. The van der Waals surface area contributed by atoms with Crippen molar-refractivity contribution in [2.24, 2.45) is 16.6 Å². The molecule has 0 saturated heterocycles. The molecule has 1 fully saturated rings. The van der Waals surface area contributed by atoms with Gasteiger partial charge < -0.3 is 10.6 Å². The van der Waals surface area contributed by atoms with E-state index in [1.807, 2.05) is 18.0 Å². The van der Waals surface area contributed by atoms with Gasteiger partial charge in [0.2, 0.25) is 0 Å². The van der Waals surface area contributed by atoms with E-state index in [-0.39, 0.29) is 5.54 Å². The van der Waals surface area contributed by atoms with Gasteiger partial charge in [-0.05, 0) is 36.5 Å². The van der Waals surface area contributed by atoms with Crippen molar-refractivity contribution in [2.45, 2.75) is 24.8 Å². The summed E-state index contributed by atoms with van der Waals surface area (Å²) in [5.74, 6) is 1.08. The lowest BCUT2D eigenvalue weighted by Crippen LogP contribution is -2.39. The molecule has 3 rings (SSSR count). The van der Waals surface area contributed by atoms with Crippen LogP contribution in [0.5, 0.6) is 0 Å². The maximum absolute atomic E-state index is 6.04. The minimum Gasteiger partial charge on any atom is -0.369 e. The summed E-state index contributed by atoms with van der Waals surface area (Å²) in [6.45, 7) is 4.26. The maximum Gasteiger partial charge on any atom is 0.196 e. The molecule has 0 bridgehead atoms. The first kappa shape index (κ1) is 12.7. The molecule has 0 aromatic heterocycles. The van der Waals surface area contributed by atoms with Gasteiger partial charge in [0.15, 0.2) is 5.96 Å². The Hall–Kier alpha value is -1.29. The molecule has 1 aliphatic carbocycles. The van der Waals surface area contributed by atoms with Crippen molar-refractivity contribution < 1.29 is 0 Å². The molecule has 1 aromatic carbocycles. The van der Waals surface area contributed by atoms with Gasteiger partial charge >= 0.3 is 0 Å². The fourth-order valence-electron chi connectivity index (χ4n) is 3.06. The van der Waals surface area contributed by atoms with E-state index in [1.54, 1.807) is 0 Å². The van der Waals surface area contributed by atoms with Crippen LogP contribution < -0.4 is 5.73 Å². The molecule has 1 atom stereocenters. The molecule has 1 aromatic rings. The van der Waals surface area contributed by atoms with E-state index in [4.69, 9.17) is 10.7 Å². The van der Waals surface area contributed by atoms with Crippen molar-refractivity contribution in [1.29, 1.82) is 0 Å². The second kappa shape index (κ2) is 4.37. The van der Waals surface area contributed by atoms with E-state index < -0.39 is 0 Å². The van der Waals surface area contributed by atoms with Crippen molar-refractivity contribution >= 4 is 21.9 Å². The average molecular weight is 320 g/mol. The molecule has 1 heterocycles. The highest BCUT2D eigenvalue weighted by molar-refractivity contribution is 9.10. The van der Waals surface area contributed by atoms with Gasteiger partial charge in [0.1, 0.15) is 5.54 Å². The van der Waals surface area contributed by atoms with E-state index in [9.17, 15) is 0 Å². The van der Waals surface area contributed by atoms with Gasteiger partial charge in [0, 0.05) is 17.2 Å². The van der Waals surface area contributed by atoms with Gasteiger partial charge in [-0.1, -0.05) is 41.1 Å². The Bertz CT molecular complexity index is 562. The number of guanidine groups is 1. The van der Waals surface area contributed by atoms with E-state index in [2.05, 4.69) is 40.7 Å². The van der Waals surface area contributed by atoms with E-state index >= 15 is 0 Å². The highest BCUT2D eigenvalue weighted by Gasteiger charge is 2.50. The second-order valence-corrected chi connectivity index (χ2v) is 6.30. The van der Waals surface area contributed by atoms with Crippen molar-refractivity contribution in [2.75, 3.05) is 7.05 Å². The maximum atomic E-state index is 6.04. The summed E-state index contributed by atoms with van der Waals surface area (Å²) >= 11 is 3.55. The SMILES string of the molecule is C=C1N(C)C(N)=NC1(c1cccc(Br)c1)C1CCC1. The van der Waals surface area contributed by atoms with E-state index in [1.165, 1.54) is 24.8 Å². The summed E-state index contributed by atoms with van der Waals surface area (Å²) in [6.07, 6.45) is 3.65. The zero-order chi connectivity index (χ0) is 13.6. The summed E-state index contributed by atoms with van der Waals surface area (Å²) in [4.78, 5) is 6.73. The van der Waals surface area contributed by atoms with Crippen LogP contribution >= 0.6 is 15.9 Å². The largest absolute Gasteiger partial charge is 0.369 e. The fraction of sp³-hybridized carbons (Fsp3) is 0.400. The van der Waals surface area contributed by atoms with Crippen LogP contribution in [-0.2, 0) is 5.54 Å². The fourth-order valence-corrected chi connectivity index (χ4v) is 3.46. The Morgan fingerprint density at radius 3 is 2.68 bits per heavy atom. The highest BCUT2D eigenvalue weighted by atomic mass is 79.9. The number of hydrogen-bond donors (Lipinski definition) is 1. The molecule has 19 heavy (non-hydrogen) atoms. The van der Waals surface area contributed by atoms with Crippen LogP contribution in [0.3, 0.4) is 0 Å². The van der Waals surface area contributed by atoms with Crippen LogP contribution in [0.1, 0.15) is 24.8 Å². The topological polar surface area (TPSA) is 41.6 Å². The van der Waals surface area contributed by atoms with Crippen molar-refractivity contribution in [3.05, 3.63) is 46.6 Å². The van der Waals surface area contributed by atoms with Crippen LogP contribution in [-0.4, -0.2) is 17.9 Å². The molecular weight excluding hydrogens is 302 g/mol. The number of nitrogens with two attached hydrogens (primary N) is 1. The van der Waals surface area contributed by atoms with Gasteiger partial charge in [-0.3, -0.25) is 0 Å². The second-order valence-electron chi connectivity index (χ2n) is 5.38. The molecule has 1 saturated carbocycles. The average Bonchev–Trinajstić information content (AvgIpc) is 2.53. The molecule has 1 aliphatic heterocycles. The number of benzene rings is 1. The molecule has 0 amide bonds. The molecule has 3 nitrogen and oxygen atoms in total. The highest BCUT2D eigenvalue weighted by Crippen LogP contribution is 2.52. The van der Waals surface area contributed by atoms with Crippen LogP contribution in [0, 0.1) is 5.92 Å². The summed E-state index contributed by atoms with van der Waals surface area (Å²) in [6, 6.07) is 8.35. The number of nitrogens with zero attached hydrogens (tertiary/aromatic N) is 2. The van der Waals surface area contributed by atoms with Crippen LogP contribution in [0.2, 0.25) is 0 Å². The molecular formula is C15H18BrN3. The zero-order valence-electron chi connectivity index (χ0n) is 11.1. The van der Waals surface area contributed by atoms with Crippen molar-refractivity contribution in [3.8, 4) is 0 Å². The third-order valence-electron chi connectivity index (χ3n) is 4.44. The first-order valence-corrected chi connectivity index (χ1v) is 7.39. The minimum absolute atomic E-state index is 0.360. The van der Waals surface area contributed by atoms with Gasteiger partial charge in [-0.25, -0.2) is 4.99 Å². The Kier molecular flexibility index (Phi) is 2.93. The van der Waals surface area contributed by atoms with Gasteiger partial charge in [0.25, 0.3) is 0 Å². The van der Waals surface area contributed by atoms with Gasteiger partial charge in [-0.2, -0.15) is 0 Å². The Morgan fingerprint density at radius 2 is 2.21 bits per heavy atom. The molecule has 4 heteroatoms. The van der Waals surface area contributed by atoms with Crippen molar-refractivity contribution in [1.82, 2.24) is 4.90 Å². The van der Waals surface area contributed by atoms with Crippen LogP contribution in [0.15, 0.2) is 46.0 Å². The number of likely N-dealkylation sites (N-methyl/N-ethyl adjacent to an activating group) is 1. The van der Waals surface area contributed by atoms with E-state index in [0.717, 1.165) is 10.2 Å². The first-order valence-electron chi connectivity index (χ1n) is 6.60. The Morgan fingerprint density at radius 1 is 1.47 bits per heavy atom. The third-order valence-corrected chi connectivity index (χ3v) is 4.93. The lowest BCUT2D eigenvalue weighted by Gasteiger charge is -2.42. The Labute approximate surface area is 122 Å². The first-order chi connectivity index (χ1) is 9.05. The third kappa shape index (κ3) is 1.73.